The Morgan fingerprint density at radius 3 is 2.93 bits per heavy atom. The molecule has 1 fully saturated rings. The van der Waals surface area contributed by atoms with Crippen LogP contribution in [0.1, 0.15) is 41.4 Å². The summed E-state index contributed by atoms with van der Waals surface area (Å²) in [6.45, 7) is 5.65. The predicted molar refractivity (Wildman–Crippen MR) is 101 cm³/mol. The first-order valence-corrected chi connectivity index (χ1v) is 9.39. The van der Waals surface area contributed by atoms with Gasteiger partial charge in [-0.1, -0.05) is 0 Å². The van der Waals surface area contributed by atoms with E-state index in [9.17, 15) is 9.18 Å². The zero-order valence-corrected chi connectivity index (χ0v) is 15.9. The zero-order chi connectivity index (χ0) is 19.7. The minimum atomic E-state index is -0.367. The quantitative estimate of drug-likeness (QED) is 0.733. The topological polar surface area (TPSA) is 81.9 Å². The third-order valence-corrected chi connectivity index (χ3v) is 5.07. The van der Waals surface area contributed by atoms with Crippen molar-refractivity contribution in [3.05, 3.63) is 53.6 Å². The summed E-state index contributed by atoms with van der Waals surface area (Å²) in [6, 6.07) is 4.20. The molecule has 0 aliphatic carbocycles. The van der Waals surface area contributed by atoms with Crippen LogP contribution in [0.4, 0.5) is 4.39 Å². The summed E-state index contributed by atoms with van der Waals surface area (Å²) in [5.74, 6) is 0.131. The number of hydrogen-bond acceptors (Lipinski definition) is 5. The summed E-state index contributed by atoms with van der Waals surface area (Å²) in [5, 5.41) is 3.06. The first-order chi connectivity index (χ1) is 13.6. The monoisotopic (exact) mass is 383 g/mol. The van der Waals surface area contributed by atoms with E-state index in [1.165, 1.54) is 18.3 Å². The molecule has 1 aliphatic rings. The summed E-state index contributed by atoms with van der Waals surface area (Å²) >= 11 is 0. The van der Waals surface area contributed by atoms with E-state index in [2.05, 4.69) is 20.3 Å². The molecule has 0 radical (unpaired) electrons. The number of halogens is 1. The van der Waals surface area contributed by atoms with E-state index >= 15 is 0 Å². The van der Waals surface area contributed by atoms with Gasteiger partial charge >= 0.3 is 0 Å². The van der Waals surface area contributed by atoms with Gasteiger partial charge in [0.25, 0.3) is 5.91 Å². The summed E-state index contributed by atoms with van der Waals surface area (Å²) in [7, 11) is 0. The van der Waals surface area contributed by atoms with Crippen LogP contribution in [0.25, 0.3) is 11.0 Å². The highest BCUT2D eigenvalue weighted by Gasteiger charge is 2.33. The number of aromatic nitrogens is 4. The summed E-state index contributed by atoms with van der Waals surface area (Å²) in [5.41, 5.74) is 2.41. The molecule has 1 saturated heterocycles. The van der Waals surface area contributed by atoms with Crippen LogP contribution in [0.5, 0.6) is 0 Å². The number of nitrogens with zero attached hydrogens (tertiary/aromatic N) is 4. The van der Waals surface area contributed by atoms with Crippen molar-refractivity contribution < 1.29 is 13.9 Å². The van der Waals surface area contributed by atoms with Crippen LogP contribution in [0, 0.1) is 18.7 Å². The van der Waals surface area contributed by atoms with Gasteiger partial charge in [0.1, 0.15) is 17.3 Å². The smallest absolute Gasteiger partial charge is 0.272 e. The summed E-state index contributed by atoms with van der Waals surface area (Å²) in [6.07, 6.45) is 3.84. The predicted octanol–water partition coefficient (Wildman–Crippen LogP) is 2.80. The molecular formula is C20H22FN5O2. The maximum absolute atomic E-state index is 13.7. The summed E-state index contributed by atoms with van der Waals surface area (Å²) in [4.78, 5) is 25.8. The molecule has 0 bridgehead atoms. The number of aryl methyl sites for hydroxylation is 2. The van der Waals surface area contributed by atoms with Gasteiger partial charge in [0.15, 0.2) is 0 Å². The van der Waals surface area contributed by atoms with Crippen LogP contribution in [-0.2, 0) is 11.3 Å². The lowest BCUT2D eigenvalue weighted by atomic mass is 9.98. The number of imidazole rings is 1. The molecule has 1 aliphatic heterocycles. The molecule has 1 amide bonds. The molecule has 7 nitrogen and oxygen atoms in total. The molecule has 4 rings (SSSR count). The number of rotatable bonds is 5. The fourth-order valence-electron chi connectivity index (χ4n) is 3.63. The Balaban J connectivity index is 1.73. The molecule has 28 heavy (non-hydrogen) atoms. The van der Waals surface area contributed by atoms with Crippen molar-refractivity contribution in [1.29, 1.82) is 0 Å². The number of carbonyl (C=O) groups is 1. The zero-order valence-electron chi connectivity index (χ0n) is 15.9. The second-order valence-electron chi connectivity index (χ2n) is 6.97. The van der Waals surface area contributed by atoms with E-state index in [1.807, 2.05) is 18.4 Å². The number of carbonyl (C=O) groups excluding carboxylic acids is 1. The molecular weight excluding hydrogens is 361 g/mol. The second-order valence-corrected chi connectivity index (χ2v) is 6.97. The van der Waals surface area contributed by atoms with Crippen LogP contribution in [0.3, 0.4) is 0 Å². The van der Waals surface area contributed by atoms with E-state index in [0.717, 1.165) is 17.6 Å². The van der Waals surface area contributed by atoms with Gasteiger partial charge in [-0.25, -0.2) is 14.4 Å². The molecule has 2 atom stereocenters. The van der Waals surface area contributed by atoms with Crippen molar-refractivity contribution in [3.63, 3.8) is 0 Å². The highest BCUT2D eigenvalue weighted by Crippen LogP contribution is 2.31. The fraction of sp³-hybridized carbons (Fsp3) is 0.400. The average Bonchev–Trinajstić information content (AvgIpc) is 3.33. The van der Waals surface area contributed by atoms with E-state index in [-0.39, 0.29) is 29.4 Å². The molecule has 2 unspecified atom stereocenters. The number of nitrogens with one attached hydrogen (secondary N) is 1. The van der Waals surface area contributed by atoms with Gasteiger partial charge in [0, 0.05) is 31.3 Å². The maximum Gasteiger partial charge on any atom is 0.272 e. The minimum absolute atomic E-state index is 0.0781. The highest BCUT2D eigenvalue weighted by molar-refractivity contribution is 5.92. The summed E-state index contributed by atoms with van der Waals surface area (Å²) < 4.78 is 21.3. The first-order valence-electron chi connectivity index (χ1n) is 9.39. The van der Waals surface area contributed by atoms with Crippen LogP contribution in [0.15, 0.2) is 30.6 Å². The Hall–Kier alpha value is -2.87. The fourth-order valence-corrected chi connectivity index (χ4v) is 3.63. The van der Waals surface area contributed by atoms with Gasteiger partial charge in [-0.3, -0.25) is 9.78 Å². The molecule has 1 N–H and O–H groups in total. The van der Waals surface area contributed by atoms with Crippen LogP contribution in [-0.4, -0.2) is 38.6 Å². The van der Waals surface area contributed by atoms with Crippen LogP contribution < -0.4 is 5.32 Å². The molecule has 0 spiro atoms. The van der Waals surface area contributed by atoms with Gasteiger partial charge in [-0.05, 0) is 32.4 Å². The minimum Gasteiger partial charge on any atom is -0.381 e. The van der Waals surface area contributed by atoms with Crippen molar-refractivity contribution in [1.82, 2.24) is 24.8 Å². The number of amides is 1. The molecule has 2 aromatic heterocycles. The standard InChI is InChI=1S/C20H22FN5O2/c1-3-26-17-5-4-14(21)8-15(17)24-19(26)18(13-6-7-28-11-13)25-20(27)16-10-22-12(2)9-23-16/h4-5,8-10,13,18H,3,6-7,11H2,1-2H3,(H,25,27). The van der Waals surface area contributed by atoms with Crippen LogP contribution >= 0.6 is 0 Å². The Kier molecular flexibility index (Phi) is 5.04. The average molecular weight is 383 g/mol. The molecule has 146 valence electrons. The van der Waals surface area contributed by atoms with Gasteiger partial charge < -0.3 is 14.6 Å². The Labute approximate surface area is 162 Å². The lowest BCUT2D eigenvalue weighted by Gasteiger charge is -2.24. The molecule has 3 aromatic rings. The SMILES string of the molecule is CCn1c(C(NC(=O)c2cnc(C)cn2)C2CCOC2)nc2cc(F)ccc21. The van der Waals surface area contributed by atoms with E-state index in [0.29, 0.717) is 31.1 Å². The highest BCUT2D eigenvalue weighted by atomic mass is 19.1. The van der Waals surface area contributed by atoms with Gasteiger partial charge in [-0.2, -0.15) is 0 Å². The van der Waals surface area contributed by atoms with Crippen molar-refractivity contribution in [2.24, 2.45) is 5.92 Å². The lowest BCUT2D eigenvalue weighted by Crippen LogP contribution is -2.36. The number of ether oxygens (including phenoxy) is 1. The van der Waals surface area contributed by atoms with E-state index in [4.69, 9.17) is 4.74 Å². The van der Waals surface area contributed by atoms with E-state index in [1.54, 1.807) is 12.3 Å². The normalized spacial score (nSPS) is 17.8. The van der Waals surface area contributed by atoms with Crippen molar-refractivity contribution in [2.75, 3.05) is 13.2 Å². The molecule has 0 saturated carbocycles. The van der Waals surface area contributed by atoms with E-state index < -0.39 is 0 Å². The Morgan fingerprint density at radius 1 is 1.39 bits per heavy atom. The van der Waals surface area contributed by atoms with Crippen LogP contribution in [0.2, 0.25) is 0 Å². The second kappa shape index (κ2) is 7.63. The third kappa shape index (κ3) is 3.47. The number of hydrogen-bond donors (Lipinski definition) is 1. The number of fused-ring (bicyclic) bond motifs is 1. The maximum atomic E-state index is 13.7. The molecule has 1 aromatic carbocycles. The largest absolute Gasteiger partial charge is 0.381 e. The molecule has 8 heteroatoms. The van der Waals surface area contributed by atoms with Crippen molar-refractivity contribution in [2.45, 2.75) is 32.9 Å². The van der Waals surface area contributed by atoms with Gasteiger partial charge in [0.05, 0.1) is 35.6 Å². The number of benzene rings is 1. The van der Waals surface area contributed by atoms with Crippen molar-refractivity contribution in [3.8, 4) is 0 Å². The van der Waals surface area contributed by atoms with Crippen molar-refractivity contribution >= 4 is 16.9 Å². The van der Waals surface area contributed by atoms with Gasteiger partial charge in [0.2, 0.25) is 0 Å². The van der Waals surface area contributed by atoms with Gasteiger partial charge in [-0.15, -0.1) is 0 Å². The lowest BCUT2D eigenvalue weighted by molar-refractivity contribution is 0.0906. The Morgan fingerprint density at radius 2 is 2.25 bits per heavy atom. The first kappa shape index (κ1) is 18.5. The third-order valence-electron chi connectivity index (χ3n) is 5.07. The Bertz CT molecular complexity index is 996. The molecule has 3 heterocycles.